The SMILES string of the molecule is CC1(C)C(=O)N(c2nc(-c3ccccc3)nc(-c3cc4c5ccccc5c5ccccc5c4cc3-n3c4ccccc4c4ccccc43)n2)C(=O)C1(C)C. The highest BCUT2D eigenvalue weighted by Crippen LogP contribution is 2.49. The van der Waals surface area contributed by atoms with Crippen LogP contribution in [0.1, 0.15) is 27.7 Å². The lowest BCUT2D eigenvalue weighted by molar-refractivity contribution is -0.129. The van der Waals surface area contributed by atoms with Crippen LogP contribution in [-0.4, -0.2) is 31.3 Å². The van der Waals surface area contributed by atoms with Crippen molar-refractivity contribution < 1.29 is 9.59 Å². The number of carbonyl (C=O) groups is 2. The first-order chi connectivity index (χ1) is 26.1. The molecule has 3 heterocycles. The number of benzene rings is 7. The zero-order valence-corrected chi connectivity index (χ0v) is 30.3. The molecular weight excluding hydrogens is 667 g/mol. The van der Waals surface area contributed by atoms with Crippen molar-refractivity contribution in [3.8, 4) is 28.5 Å². The van der Waals surface area contributed by atoms with E-state index in [1.165, 1.54) is 10.3 Å². The number of rotatable bonds is 4. The van der Waals surface area contributed by atoms with Gasteiger partial charge in [-0.25, -0.2) is 9.88 Å². The number of aromatic nitrogens is 4. The molecule has 2 amide bonds. The van der Waals surface area contributed by atoms with Crippen molar-refractivity contribution in [2.24, 2.45) is 10.8 Å². The van der Waals surface area contributed by atoms with E-state index in [0.29, 0.717) is 11.6 Å². The Morgan fingerprint density at radius 2 is 0.870 bits per heavy atom. The van der Waals surface area contributed by atoms with Crippen LogP contribution in [0.5, 0.6) is 0 Å². The number of nitrogens with zero attached hydrogens (tertiary/aromatic N) is 5. The van der Waals surface area contributed by atoms with E-state index in [1.54, 1.807) is 0 Å². The molecule has 0 unspecified atom stereocenters. The third kappa shape index (κ3) is 4.38. The van der Waals surface area contributed by atoms with E-state index in [9.17, 15) is 9.59 Å². The molecule has 1 aliphatic rings. The summed E-state index contributed by atoms with van der Waals surface area (Å²) < 4.78 is 2.29. The smallest absolute Gasteiger partial charge is 0.243 e. The number of hydrogen-bond acceptors (Lipinski definition) is 5. The first-order valence-electron chi connectivity index (χ1n) is 18.2. The van der Waals surface area contributed by atoms with Crippen LogP contribution < -0.4 is 4.90 Å². The molecule has 1 saturated heterocycles. The number of para-hydroxylation sites is 2. The summed E-state index contributed by atoms with van der Waals surface area (Å²) in [5.41, 5.74) is 2.49. The van der Waals surface area contributed by atoms with Gasteiger partial charge in [-0.1, -0.05) is 115 Å². The third-order valence-corrected chi connectivity index (χ3v) is 11.8. The van der Waals surface area contributed by atoms with Crippen LogP contribution in [-0.2, 0) is 9.59 Å². The molecule has 7 heteroatoms. The molecule has 260 valence electrons. The molecule has 0 atom stereocenters. The Morgan fingerprint density at radius 1 is 0.444 bits per heavy atom. The van der Waals surface area contributed by atoms with Crippen LogP contribution in [0.25, 0.3) is 82.6 Å². The summed E-state index contributed by atoms with van der Waals surface area (Å²) in [4.78, 5) is 44.5. The van der Waals surface area contributed by atoms with Gasteiger partial charge in [0.25, 0.3) is 0 Å². The van der Waals surface area contributed by atoms with Crippen LogP contribution in [0.4, 0.5) is 5.95 Å². The minimum atomic E-state index is -0.971. The first kappa shape index (κ1) is 32.0. The maximum atomic E-state index is 14.1. The van der Waals surface area contributed by atoms with Gasteiger partial charge in [0.2, 0.25) is 17.8 Å². The molecule has 7 nitrogen and oxygen atoms in total. The fourth-order valence-corrected chi connectivity index (χ4v) is 8.15. The molecule has 7 aromatic carbocycles. The maximum absolute atomic E-state index is 14.1. The summed E-state index contributed by atoms with van der Waals surface area (Å²) in [6, 6.07) is 47.9. The second-order valence-corrected chi connectivity index (χ2v) is 15.2. The second kappa shape index (κ2) is 11.4. The van der Waals surface area contributed by atoms with Crippen molar-refractivity contribution in [1.29, 1.82) is 0 Å². The number of amides is 2. The molecule has 54 heavy (non-hydrogen) atoms. The zero-order chi connectivity index (χ0) is 36.9. The molecule has 0 radical (unpaired) electrons. The highest BCUT2D eigenvalue weighted by atomic mass is 16.2. The number of hydrogen-bond donors (Lipinski definition) is 0. The van der Waals surface area contributed by atoms with Gasteiger partial charge >= 0.3 is 0 Å². The van der Waals surface area contributed by atoms with Gasteiger partial charge in [0.15, 0.2) is 11.6 Å². The molecule has 0 spiro atoms. The number of anilines is 1. The van der Waals surface area contributed by atoms with Crippen LogP contribution in [0, 0.1) is 10.8 Å². The van der Waals surface area contributed by atoms with Crippen molar-refractivity contribution in [3.05, 3.63) is 140 Å². The lowest BCUT2D eigenvalue weighted by atomic mass is 9.70. The average Bonchev–Trinajstić information content (AvgIpc) is 3.60. The Hall–Kier alpha value is -6.73. The highest BCUT2D eigenvalue weighted by molar-refractivity contribution is 6.27. The highest BCUT2D eigenvalue weighted by Gasteiger charge is 2.60. The van der Waals surface area contributed by atoms with E-state index in [1.807, 2.05) is 58.0 Å². The van der Waals surface area contributed by atoms with Crippen LogP contribution in [0.3, 0.4) is 0 Å². The van der Waals surface area contributed by atoms with E-state index in [-0.39, 0.29) is 17.8 Å². The molecule has 9 aromatic rings. The lowest BCUT2D eigenvalue weighted by Gasteiger charge is -2.28. The normalized spacial score (nSPS) is 15.4. The number of carbonyl (C=O) groups excluding carboxylic acids is 2. The predicted octanol–water partition coefficient (Wildman–Crippen LogP) is 10.7. The topological polar surface area (TPSA) is 81.0 Å². The van der Waals surface area contributed by atoms with Crippen molar-refractivity contribution in [2.75, 3.05) is 4.90 Å². The first-order valence-corrected chi connectivity index (χ1v) is 18.2. The van der Waals surface area contributed by atoms with Gasteiger partial charge in [-0.2, -0.15) is 9.97 Å². The largest absolute Gasteiger partial charge is 0.308 e. The minimum Gasteiger partial charge on any atom is -0.308 e. The Bertz CT molecular complexity index is 2970. The Morgan fingerprint density at radius 3 is 1.41 bits per heavy atom. The fraction of sp³-hybridized carbons (Fsp3) is 0.128. The standard InChI is InChI=1S/C47H35N5O2/c1-46(2)43(53)52(44(54)47(46,3)4)45-49-41(28-16-6-5-7-17-28)48-42(50-45)37-26-35-31-20-10-8-18-29(31)30-19-9-11-21-32(30)36(35)27-40(37)51-38-24-14-12-22-33(38)34-23-13-15-25-39(34)51/h5-27H,1-4H3. The van der Waals surface area contributed by atoms with E-state index in [2.05, 4.69) is 114 Å². The zero-order valence-electron chi connectivity index (χ0n) is 30.3. The quantitative estimate of drug-likeness (QED) is 0.135. The minimum absolute atomic E-state index is 0.0177. The van der Waals surface area contributed by atoms with Gasteiger partial charge in [-0.15, -0.1) is 0 Å². The van der Waals surface area contributed by atoms with Gasteiger partial charge < -0.3 is 4.57 Å². The molecule has 1 aliphatic heterocycles. The van der Waals surface area contributed by atoms with E-state index in [4.69, 9.17) is 15.0 Å². The summed E-state index contributed by atoms with van der Waals surface area (Å²) in [7, 11) is 0. The van der Waals surface area contributed by atoms with E-state index >= 15 is 0 Å². The lowest BCUT2D eigenvalue weighted by Crippen LogP contribution is -2.35. The summed E-state index contributed by atoms with van der Waals surface area (Å²) in [6.07, 6.45) is 0. The third-order valence-electron chi connectivity index (χ3n) is 11.8. The number of fused-ring (bicyclic) bond motifs is 9. The predicted molar refractivity (Wildman–Crippen MR) is 218 cm³/mol. The summed E-state index contributed by atoms with van der Waals surface area (Å²) in [5, 5.41) is 8.95. The Labute approximate surface area is 311 Å². The summed E-state index contributed by atoms with van der Waals surface area (Å²) >= 11 is 0. The molecule has 0 bridgehead atoms. The number of imide groups is 1. The molecule has 1 fully saturated rings. The summed E-state index contributed by atoms with van der Waals surface area (Å²) in [6.45, 7) is 7.25. The Balaban J connectivity index is 1.37. The second-order valence-electron chi connectivity index (χ2n) is 15.2. The maximum Gasteiger partial charge on any atom is 0.243 e. The molecule has 2 aromatic heterocycles. The van der Waals surface area contributed by atoms with Gasteiger partial charge in [0.05, 0.1) is 27.6 Å². The van der Waals surface area contributed by atoms with Crippen LogP contribution in [0.2, 0.25) is 0 Å². The van der Waals surface area contributed by atoms with Gasteiger partial charge in [0, 0.05) is 21.9 Å². The van der Waals surface area contributed by atoms with Crippen LogP contribution in [0.15, 0.2) is 140 Å². The van der Waals surface area contributed by atoms with Crippen LogP contribution >= 0.6 is 0 Å². The summed E-state index contributed by atoms with van der Waals surface area (Å²) in [5.74, 6) is 0.0666. The van der Waals surface area contributed by atoms with Crippen molar-refractivity contribution in [2.45, 2.75) is 27.7 Å². The van der Waals surface area contributed by atoms with Crippen molar-refractivity contribution in [3.63, 3.8) is 0 Å². The molecule has 0 saturated carbocycles. The molecule has 0 N–H and O–H groups in total. The van der Waals surface area contributed by atoms with Gasteiger partial charge in [-0.05, 0) is 84.3 Å². The fourth-order valence-electron chi connectivity index (χ4n) is 8.15. The average molecular weight is 702 g/mol. The van der Waals surface area contributed by atoms with E-state index in [0.717, 1.165) is 65.6 Å². The molecular formula is C47H35N5O2. The van der Waals surface area contributed by atoms with Gasteiger partial charge in [0.1, 0.15) is 0 Å². The molecule has 0 aliphatic carbocycles. The van der Waals surface area contributed by atoms with E-state index < -0.39 is 10.8 Å². The molecule has 10 rings (SSSR count). The van der Waals surface area contributed by atoms with Crippen molar-refractivity contribution >= 4 is 71.9 Å². The van der Waals surface area contributed by atoms with Crippen molar-refractivity contribution in [1.82, 2.24) is 19.5 Å². The Kier molecular flexibility index (Phi) is 6.74. The monoisotopic (exact) mass is 701 g/mol. The van der Waals surface area contributed by atoms with Gasteiger partial charge in [-0.3, -0.25) is 9.59 Å².